The second kappa shape index (κ2) is 5.75. The van der Waals surface area contributed by atoms with Crippen molar-refractivity contribution in [2.75, 3.05) is 18.3 Å². The van der Waals surface area contributed by atoms with E-state index >= 15 is 0 Å². The molecule has 1 aromatic rings. The van der Waals surface area contributed by atoms with Crippen LogP contribution < -0.4 is 4.72 Å². The van der Waals surface area contributed by atoms with Crippen molar-refractivity contribution in [3.8, 4) is 0 Å². The molecule has 0 radical (unpaired) electrons. The van der Waals surface area contributed by atoms with Crippen molar-refractivity contribution in [3.63, 3.8) is 0 Å². The summed E-state index contributed by atoms with van der Waals surface area (Å²) in [6, 6.07) is 4.44. The van der Waals surface area contributed by atoms with Crippen LogP contribution in [0.15, 0.2) is 18.2 Å². The first-order valence-electron chi connectivity index (χ1n) is 4.64. The van der Waals surface area contributed by atoms with Crippen molar-refractivity contribution in [1.82, 2.24) is 4.31 Å². The van der Waals surface area contributed by atoms with E-state index in [0.717, 1.165) is 7.05 Å². The molecule has 0 saturated heterocycles. The second-order valence-electron chi connectivity index (χ2n) is 3.36. The first-order chi connectivity index (χ1) is 8.24. The Morgan fingerprint density at radius 1 is 1.44 bits per heavy atom. The van der Waals surface area contributed by atoms with Crippen LogP contribution in [0.25, 0.3) is 0 Å². The van der Waals surface area contributed by atoms with Crippen LogP contribution in [0.3, 0.4) is 0 Å². The minimum absolute atomic E-state index is 0.0477. The van der Waals surface area contributed by atoms with E-state index in [9.17, 15) is 13.2 Å². The molecule has 6 nitrogen and oxygen atoms in total. The van der Waals surface area contributed by atoms with Crippen LogP contribution in [-0.4, -0.2) is 37.4 Å². The number of likely N-dealkylation sites (N-methyl/N-ethyl adjacent to an activating group) is 1. The summed E-state index contributed by atoms with van der Waals surface area (Å²) >= 11 is 11.5. The van der Waals surface area contributed by atoms with Gasteiger partial charge in [0.1, 0.15) is 6.54 Å². The van der Waals surface area contributed by atoms with Gasteiger partial charge in [0.2, 0.25) is 0 Å². The topological polar surface area (TPSA) is 86.7 Å². The molecule has 0 aliphatic rings. The van der Waals surface area contributed by atoms with Gasteiger partial charge in [0.05, 0.1) is 15.7 Å². The van der Waals surface area contributed by atoms with Crippen LogP contribution in [0.4, 0.5) is 5.69 Å². The van der Waals surface area contributed by atoms with E-state index in [0.29, 0.717) is 4.31 Å². The molecule has 0 unspecified atom stereocenters. The van der Waals surface area contributed by atoms with Gasteiger partial charge < -0.3 is 5.11 Å². The number of carboxylic acid groups (broad SMARTS) is 1. The van der Waals surface area contributed by atoms with Gasteiger partial charge in [-0.05, 0) is 12.1 Å². The monoisotopic (exact) mass is 312 g/mol. The first-order valence-corrected chi connectivity index (χ1v) is 6.83. The molecule has 0 atom stereocenters. The Morgan fingerprint density at radius 3 is 2.61 bits per heavy atom. The smallest absolute Gasteiger partial charge is 0.318 e. The molecule has 0 bridgehead atoms. The summed E-state index contributed by atoms with van der Waals surface area (Å²) in [5, 5.41) is 8.77. The minimum Gasteiger partial charge on any atom is -0.480 e. The predicted molar refractivity (Wildman–Crippen MR) is 69.3 cm³/mol. The van der Waals surface area contributed by atoms with E-state index in [1.807, 2.05) is 0 Å². The maximum atomic E-state index is 11.7. The molecule has 0 fully saturated rings. The van der Waals surface area contributed by atoms with Gasteiger partial charge in [0.15, 0.2) is 0 Å². The second-order valence-corrected chi connectivity index (χ2v) is 5.92. The van der Waals surface area contributed by atoms with Crippen LogP contribution in [0.5, 0.6) is 0 Å². The Hall–Kier alpha value is -1.02. The molecule has 0 aliphatic heterocycles. The molecular weight excluding hydrogens is 303 g/mol. The number of benzene rings is 1. The number of rotatable bonds is 5. The summed E-state index contributed by atoms with van der Waals surface area (Å²) in [7, 11) is -2.85. The highest BCUT2D eigenvalue weighted by molar-refractivity contribution is 7.90. The normalized spacial score (nSPS) is 11.6. The Labute approximate surface area is 114 Å². The maximum Gasteiger partial charge on any atom is 0.318 e. The van der Waals surface area contributed by atoms with Gasteiger partial charge in [-0.15, -0.1) is 0 Å². The van der Waals surface area contributed by atoms with Gasteiger partial charge in [0, 0.05) is 7.05 Å². The van der Waals surface area contributed by atoms with E-state index in [2.05, 4.69) is 4.72 Å². The van der Waals surface area contributed by atoms with E-state index in [1.165, 1.54) is 18.2 Å². The zero-order valence-electron chi connectivity index (χ0n) is 9.22. The molecule has 0 heterocycles. The average molecular weight is 313 g/mol. The number of aliphatic carboxylic acids is 1. The Morgan fingerprint density at radius 2 is 2.06 bits per heavy atom. The largest absolute Gasteiger partial charge is 0.480 e. The Bertz CT molecular complexity index is 562. The summed E-state index contributed by atoms with van der Waals surface area (Å²) in [5.74, 6) is -1.26. The lowest BCUT2D eigenvalue weighted by molar-refractivity contribution is -0.137. The number of halogens is 2. The highest BCUT2D eigenvalue weighted by Crippen LogP contribution is 2.30. The summed E-state index contributed by atoms with van der Waals surface area (Å²) in [6.07, 6.45) is 0. The van der Waals surface area contributed by atoms with Crippen molar-refractivity contribution >= 4 is 45.1 Å². The van der Waals surface area contributed by atoms with Crippen molar-refractivity contribution in [2.24, 2.45) is 0 Å². The van der Waals surface area contributed by atoms with E-state index < -0.39 is 22.7 Å². The van der Waals surface area contributed by atoms with Crippen molar-refractivity contribution in [2.45, 2.75) is 0 Å². The predicted octanol–water partition coefficient (Wildman–Crippen LogP) is 1.67. The van der Waals surface area contributed by atoms with Crippen LogP contribution in [-0.2, 0) is 15.0 Å². The zero-order chi connectivity index (χ0) is 13.9. The lowest BCUT2D eigenvalue weighted by atomic mass is 10.3. The highest BCUT2D eigenvalue weighted by atomic mass is 35.5. The van der Waals surface area contributed by atoms with Gasteiger partial charge in [-0.2, -0.15) is 12.7 Å². The fourth-order valence-electron chi connectivity index (χ4n) is 1.07. The molecule has 0 saturated carbocycles. The lowest BCUT2D eigenvalue weighted by Crippen LogP contribution is -2.36. The number of nitrogens with zero attached hydrogens (tertiary/aromatic N) is 1. The van der Waals surface area contributed by atoms with Crippen LogP contribution >= 0.6 is 23.2 Å². The first kappa shape index (κ1) is 15.0. The molecule has 18 heavy (non-hydrogen) atoms. The van der Waals surface area contributed by atoms with Gasteiger partial charge >= 0.3 is 16.2 Å². The van der Waals surface area contributed by atoms with Crippen LogP contribution in [0, 0.1) is 0 Å². The number of hydrogen-bond acceptors (Lipinski definition) is 3. The van der Waals surface area contributed by atoms with Crippen molar-refractivity contribution in [3.05, 3.63) is 28.2 Å². The third-order valence-corrected chi connectivity index (χ3v) is 4.21. The van der Waals surface area contributed by atoms with Gasteiger partial charge in [-0.1, -0.05) is 29.3 Å². The SMILES string of the molecule is CN(CC(=O)O)S(=O)(=O)Nc1cccc(Cl)c1Cl. The van der Waals surface area contributed by atoms with Crippen molar-refractivity contribution < 1.29 is 18.3 Å². The fourth-order valence-corrected chi connectivity index (χ4v) is 2.36. The highest BCUT2D eigenvalue weighted by Gasteiger charge is 2.21. The van der Waals surface area contributed by atoms with Crippen LogP contribution in [0.2, 0.25) is 10.0 Å². The van der Waals surface area contributed by atoms with E-state index in [4.69, 9.17) is 28.3 Å². The molecule has 9 heteroatoms. The molecule has 0 amide bonds. The number of hydrogen-bond donors (Lipinski definition) is 2. The van der Waals surface area contributed by atoms with Crippen molar-refractivity contribution in [1.29, 1.82) is 0 Å². The standard InChI is InChI=1S/C9H10Cl2N2O4S/c1-13(5-8(14)15)18(16,17)12-7-4-2-3-6(10)9(7)11/h2-4,12H,5H2,1H3,(H,14,15). The van der Waals surface area contributed by atoms with E-state index in [-0.39, 0.29) is 15.7 Å². The number of carboxylic acids is 1. The number of carbonyl (C=O) groups is 1. The van der Waals surface area contributed by atoms with Gasteiger partial charge in [0.25, 0.3) is 0 Å². The maximum absolute atomic E-state index is 11.7. The summed E-state index contributed by atoms with van der Waals surface area (Å²) in [4.78, 5) is 10.4. The minimum atomic E-state index is -3.99. The quantitative estimate of drug-likeness (QED) is 0.865. The molecule has 1 aromatic carbocycles. The molecule has 100 valence electrons. The number of nitrogens with one attached hydrogen (secondary N) is 1. The molecule has 0 aromatic heterocycles. The van der Waals surface area contributed by atoms with Crippen LogP contribution in [0.1, 0.15) is 0 Å². The molecule has 0 aliphatic carbocycles. The molecule has 0 spiro atoms. The van der Waals surface area contributed by atoms with Gasteiger partial charge in [-0.3, -0.25) is 9.52 Å². The average Bonchev–Trinajstić information content (AvgIpc) is 2.23. The lowest BCUT2D eigenvalue weighted by Gasteiger charge is -2.17. The Balaban J connectivity index is 2.96. The van der Waals surface area contributed by atoms with E-state index in [1.54, 1.807) is 0 Å². The third kappa shape index (κ3) is 3.74. The third-order valence-electron chi connectivity index (χ3n) is 1.96. The Kier molecular flexibility index (Phi) is 4.80. The zero-order valence-corrected chi connectivity index (χ0v) is 11.6. The molecule has 1 rings (SSSR count). The molecular formula is C9H10Cl2N2O4S. The molecule has 2 N–H and O–H groups in total. The van der Waals surface area contributed by atoms with Gasteiger partial charge in [-0.25, -0.2) is 0 Å². The number of anilines is 1. The summed E-state index contributed by atoms with van der Waals surface area (Å²) in [6.45, 7) is -0.659. The summed E-state index contributed by atoms with van der Waals surface area (Å²) in [5.41, 5.74) is 0.0846. The fraction of sp³-hybridized carbons (Fsp3) is 0.222. The summed E-state index contributed by atoms with van der Waals surface area (Å²) < 4.78 is 26.3.